The van der Waals surface area contributed by atoms with Crippen LogP contribution in [0.5, 0.6) is 0 Å². The highest BCUT2D eigenvalue weighted by Gasteiger charge is 2.24. The fourth-order valence-electron chi connectivity index (χ4n) is 3.06. The van der Waals surface area contributed by atoms with E-state index in [-0.39, 0.29) is 0 Å². The van der Waals surface area contributed by atoms with Gasteiger partial charge in [0.1, 0.15) is 0 Å². The van der Waals surface area contributed by atoms with Crippen molar-refractivity contribution >= 4 is 0 Å². The highest BCUT2D eigenvalue weighted by atomic mass is 15.3. The molecule has 1 aliphatic heterocycles. The zero-order valence-electron chi connectivity index (χ0n) is 11.0. The standard InChI is InChI=1S/C14H20N4/c1-10-13(12-4-3-7-16-12)14(18(2)17-10)11-5-8-15-9-6-11/h3-4,7,11,15-16H,5-6,8-9H2,1-2H3. The Labute approximate surface area is 107 Å². The summed E-state index contributed by atoms with van der Waals surface area (Å²) in [4.78, 5) is 3.32. The molecule has 1 saturated heterocycles. The fraction of sp³-hybridized carbons (Fsp3) is 0.500. The van der Waals surface area contributed by atoms with Crippen molar-refractivity contribution in [3.8, 4) is 11.3 Å². The molecule has 0 spiro atoms. The number of nitrogens with one attached hydrogen (secondary N) is 2. The lowest BCUT2D eigenvalue weighted by Crippen LogP contribution is -2.27. The Morgan fingerprint density at radius 1 is 1.33 bits per heavy atom. The number of hydrogen-bond donors (Lipinski definition) is 2. The van der Waals surface area contributed by atoms with Gasteiger partial charge in [-0.15, -0.1) is 0 Å². The Kier molecular flexibility index (Phi) is 2.96. The van der Waals surface area contributed by atoms with Gasteiger partial charge < -0.3 is 10.3 Å². The second-order valence-corrected chi connectivity index (χ2v) is 5.08. The van der Waals surface area contributed by atoms with Gasteiger partial charge in [0.2, 0.25) is 0 Å². The lowest BCUT2D eigenvalue weighted by Gasteiger charge is -2.24. The maximum atomic E-state index is 4.62. The predicted octanol–water partition coefficient (Wildman–Crippen LogP) is 2.19. The molecule has 0 saturated carbocycles. The molecule has 18 heavy (non-hydrogen) atoms. The van der Waals surface area contributed by atoms with Crippen molar-refractivity contribution in [3.63, 3.8) is 0 Å². The number of rotatable bonds is 2. The second kappa shape index (κ2) is 4.61. The van der Waals surface area contributed by atoms with E-state index in [1.807, 2.05) is 12.3 Å². The van der Waals surface area contributed by atoms with E-state index >= 15 is 0 Å². The molecule has 96 valence electrons. The summed E-state index contributed by atoms with van der Waals surface area (Å²) in [5.74, 6) is 0.621. The smallest absolute Gasteiger partial charge is 0.0689 e. The van der Waals surface area contributed by atoms with E-state index in [4.69, 9.17) is 0 Å². The van der Waals surface area contributed by atoms with Crippen LogP contribution in [0.25, 0.3) is 11.3 Å². The zero-order chi connectivity index (χ0) is 12.5. The third-order valence-corrected chi connectivity index (χ3v) is 3.86. The van der Waals surface area contributed by atoms with E-state index in [2.05, 4.69) is 40.1 Å². The number of piperidine rings is 1. The maximum absolute atomic E-state index is 4.62. The van der Waals surface area contributed by atoms with Gasteiger partial charge in [-0.1, -0.05) is 0 Å². The van der Waals surface area contributed by atoms with Crippen LogP contribution in [0.15, 0.2) is 18.3 Å². The first kappa shape index (κ1) is 11.5. The molecular weight excluding hydrogens is 224 g/mol. The number of aryl methyl sites for hydroxylation is 2. The van der Waals surface area contributed by atoms with Gasteiger partial charge >= 0.3 is 0 Å². The Hall–Kier alpha value is -1.55. The lowest BCUT2D eigenvalue weighted by atomic mass is 9.90. The molecule has 0 aromatic carbocycles. The molecule has 1 fully saturated rings. The van der Waals surface area contributed by atoms with Crippen molar-refractivity contribution in [3.05, 3.63) is 29.7 Å². The molecule has 0 radical (unpaired) electrons. The van der Waals surface area contributed by atoms with E-state index in [0.29, 0.717) is 5.92 Å². The van der Waals surface area contributed by atoms with Gasteiger partial charge in [0.25, 0.3) is 0 Å². The average molecular weight is 244 g/mol. The molecule has 0 aliphatic carbocycles. The molecule has 2 aromatic rings. The highest BCUT2D eigenvalue weighted by Crippen LogP contribution is 2.35. The van der Waals surface area contributed by atoms with Crippen LogP contribution in [0.2, 0.25) is 0 Å². The summed E-state index contributed by atoms with van der Waals surface area (Å²) in [7, 11) is 2.07. The maximum Gasteiger partial charge on any atom is 0.0689 e. The second-order valence-electron chi connectivity index (χ2n) is 5.08. The number of nitrogens with zero attached hydrogens (tertiary/aromatic N) is 2. The predicted molar refractivity (Wildman–Crippen MR) is 72.6 cm³/mol. The van der Waals surface area contributed by atoms with Gasteiger partial charge in [-0.2, -0.15) is 5.10 Å². The number of aromatic amines is 1. The van der Waals surface area contributed by atoms with E-state index in [0.717, 1.165) is 18.8 Å². The molecule has 4 nitrogen and oxygen atoms in total. The highest BCUT2D eigenvalue weighted by molar-refractivity contribution is 5.66. The molecule has 3 heterocycles. The van der Waals surface area contributed by atoms with Crippen molar-refractivity contribution in [2.75, 3.05) is 13.1 Å². The number of aromatic nitrogens is 3. The van der Waals surface area contributed by atoms with Crippen molar-refractivity contribution in [1.82, 2.24) is 20.1 Å². The molecular formula is C14H20N4. The van der Waals surface area contributed by atoms with Crippen molar-refractivity contribution in [2.24, 2.45) is 7.05 Å². The average Bonchev–Trinajstić information content (AvgIpc) is 2.97. The molecule has 0 atom stereocenters. The largest absolute Gasteiger partial charge is 0.361 e. The molecule has 3 rings (SSSR count). The van der Waals surface area contributed by atoms with Crippen LogP contribution in [-0.2, 0) is 7.05 Å². The van der Waals surface area contributed by atoms with Gasteiger partial charge in [0.05, 0.1) is 11.4 Å². The molecule has 0 bridgehead atoms. The fourth-order valence-corrected chi connectivity index (χ4v) is 3.06. The quantitative estimate of drug-likeness (QED) is 0.850. The van der Waals surface area contributed by atoms with Crippen molar-refractivity contribution in [2.45, 2.75) is 25.7 Å². The van der Waals surface area contributed by atoms with Crippen LogP contribution in [-0.4, -0.2) is 27.9 Å². The van der Waals surface area contributed by atoms with E-state index in [9.17, 15) is 0 Å². The first-order valence-corrected chi connectivity index (χ1v) is 6.65. The Morgan fingerprint density at radius 2 is 2.11 bits per heavy atom. The van der Waals surface area contributed by atoms with Crippen LogP contribution in [0, 0.1) is 6.92 Å². The first-order chi connectivity index (χ1) is 8.77. The molecule has 0 unspecified atom stereocenters. The molecule has 2 N–H and O–H groups in total. The minimum absolute atomic E-state index is 0.621. The third-order valence-electron chi connectivity index (χ3n) is 3.86. The zero-order valence-corrected chi connectivity index (χ0v) is 11.0. The third kappa shape index (κ3) is 1.86. The summed E-state index contributed by atoms with van der Waals surface area (Å²) < 4.78 is 2.07. The van der Waals surface area contributed by atoms with Gasteiger partial charge in [0, 0.05) is 30.4 Å². The van der Waals surface area contributed by atoms with Gasteiger partial charge in [-0.25, -0.2) is 0 Å². The van der Waals surface area contributed by atoms with E-state index in [1.54, 1.807) is 0 Å². The topological polar surface area (TPSA) is 45.6 Å². The molecule has 1 aliphatic rings. The molecule has 2 aromatic heterocycles. The number of H-pyrrole nitrogens is 1. The van der Waals surface area contributed by atoms with Gasteiger partial charge in [0.15, 0.2) is 0 Å². The Bertz CT molecular complexity index is 518. The van der Waals surface area contributed by atoms with Gasteiger partial charge in [-0.3, -0.25) is 4.68 Å². The monoisotopic (exact) mass is 244 g/mol. The summed E-state index contributed by atoms with van der Waals surface area (Å²) >= 11 is 0. The normalized spacial score (nSPS) is 17.2. The lowest BCUT2D eigenvalue weighted by molar-refractivity contribution is 0.440. The van der Waals surface area contributed by atoms with E-state index in [1.165, 1.54) is 29.8 Å². The summed E-state index contributed by atoms with van der Waals surface area (Å²) in [6.07, 6.45) is 4.38. The van der Waals surface area contributed by atoms with Gasteiger partial charge in [-0.05, 0) is 45.0 Å². The van der Waals surface area contributed by atoms with Crippen LogP contribution in [0.4, 0.5) is 0 Å². The van der Waals surface area contributed by atoms with Crippen molar-refractivity contribution in [1.29, 1.82) is 0 Å². The van der Waals surface area contributed by atoms with Crippen LogP contribution in [0.1, 0.15) is 30.1 Å². The summed E-state index contributed by atoms with van der Waals surface area (Å²) in [5, 5.41) is 8.05. The Morgan fingerprint density at radius 3 is 2.78 bits per heavy atom. The van der Waals surface area contributed by atoms with Crippen molar-refractivity contribution < 1.29 is 0 Å². The van der Waals surface area contributed by atoms with Crippen LogP contribution < -0.4 is 5.32 Å². The minimum Gasteiger partial charge on any atom is -0.361 e. The SMILES string of the molecule is Cc1nn(C)c(C2CCNCC2)c1-c1ccc[nH]1. The first-order valence-electron chi connectivity index (χ1n) is 6.65. The Balaban J connectivity index is 2.07. The minimum atomic E-state index is 0.621. The summed E-state index contributed by atoms with van der Waals surface area (Å²) in [6, 6.07) is 4.18. The molecule has 0 amide bonds. The summed E-state index contributed by atoms with van der Waals surface area (Å²) in [6.45, 7) is 4.32. The van der Waals surface area contributed by atoms with Crippen LogP contribution in [0.3, 0.4) is 0 Å². The summed E-state index contributed by atoms with van der Waals surface area (Å²) in [5.41, 5.74) is 4.99. The number of hydrogen-bond acceptors (Lipinski definition) is 2. The van der Waals surface area contributed by atoms with Crippen LogP contribution >= 0.6 is 0 Å². The molecule has 4 heteroatoms. The van der Waals surface area contributed by atoms with E-state index < -0.39 is 0 Å².